The molecule has 1 heterocycles. The van der Waals surface area contributed by atoms with Crippen molar-refractivity contribution in [2.75, 3.05) is 0 Å². The van der Waals surface area contributed by atoms with Crippen molar-refractivity contribution in [1.82, 2.24) is 4.98 Å². The van der Waals surface area contributed by atoms with E-state index in [0.717, 1.165) is 27.1 Å². The van der Waals surface area contributed by atoms with Crippen LogP contribution in [0.3, 0.4) is 0 Å². The predicted octanol–water partition coefficient (Wildman–Crippen LogP) is 7.84. The van der Waals surface area contributed by atoms with Gasteiger partial charge in [0.15, 0.2) is 0 Å². The molecule has 0 aliphatic rings. The lowest BCUT2D eigenvalue weighted by molar-refractivity contribution is -0.136. The molecule has 0 aliphatic heterocycles. The summed E-state index contributed by atoms with van der Waals surface area (Å²) in [4.78, 5) is 4.49. The molecule has 4 aromatic carbocycles. The van der Waals surface area contributed by atoms with Gasteiger partial charge in [0.1, 0.15) is 0 Å². The van der Waals surface area contributed by atoms with Gasteiger partial charge in [-0.25, -0.2) is 0 Å². The first-order valence-corrected chi connectivity index (χ1v) is 9.72. The normalized spacial score (nSPS) is 12.2. The van der Waals surface area contributed by atoms with Gasteiger partial charge in [0, 0.05) is 17.1 Å². The summed E-state index contributed by atoms with van der Waals surface area (Å²) in [7, 11) is 0. The number of halogens is 3. The highest BCUT2D eigenvalue weighted by molar-refractivity contribution is 6.12. The molecule has 5 aromatic rings. The van der Waals surface area contributed by atoms with Crippen molar-refractivity contribution in [3.05, 3.63) is 89.6 Å². The van der Waals surface area contributed by atoms with Gasteiger partial charge < -0.3 is 0 Å². The van der Waals surface area contributed by atoms with Gasteiger partial charge in [-0.15, -0.1) is 0 Å². The van der Waals surface area contributed by atoms with Crippen molar-refractivity contribution in [3.8, 4) is 11.3 Å². The van der Waals surface area contributed by atoms with Crippen molar-refractivity contribution in [2.45, 2.75) is 20.0 Å². The highest BCUT2D eigenvalue weighted by Gasteiger charge is 2.33. The van der Waals surface area contributed by atoms with Crippen molar-refractivity contribution in [3.63, 3.8) is 0 Å². The fraction of sp³-hybridized carbons (Fsp3) is 0.115. The van der Waals surface area contributed by atoms with E-state index >= 15 is 0 Å². The van der Waals surface area contributed by atoms with Crippen LogP contribution in [0.2, 0.25) is 0 Å². The maximum absolute atomic E-state index is 13.8. The van der Waals surface area contributed by atoms with E-state index in [4.69, 9.17) is 0 Å². The number of alkyl halides is 3. The van der Waals surface area contributed by atoms with Crippen molar-refractivity contribution in [1.29, 1.82) is 0 Å². The van der Waals surface area contributed by atoms with Crippen LogP contribution in [-0.2, 0) is 6.18 Å². The molecule has 0 spiro atoms. The second-order valence-corrected chi connectivity index (χ2v) is 7.74. The van der Waals surface area contributed by atoms with E-state index in [9.17, 15) is 13.2 Å². The summed E-state index contributed by atoms with van der Waals surface area (Å²) in [5, 5.41) is 4.81. The van der Waals surface area contributed by atoms with Gasteiger partial charge in [-0.3, -0.25) is 4.98 Å². The number of aryl methyl sites for hydroxylation is 2. The Labute approximate surface area is 171 Å². The Morgan fingerprint density at radius 1 is 0.700 bits per heavy atom. The topological polar surface area (TPSA) is 12.9 Å². The van der Waals surface area contributed by atoms with Crippen LogP contribution in [0.15, 0.2) is 72.9 Å². The lowest BCUT2D eigenvalue weighted by atomic mass is 9.93. The van der Waals surface area contributed by atoms with E-state index in [2.05, 4.69) is 24.0 Å². The van der Waals surface area contributed by atoms with Crippen LogP contribution in [0.25, 0.3) is 43.6 Å². The Balaban J connectivity index is 1.86. The van der Waals surface area contributed by atoms with Gasteiger partial charge in [0.05, 0.1) is 11.3 Å². The number of hydrogen-bond acceptors (Lipinski definition) is 1. The molecule has 4 heteroatoms. The SMILES string of the molecule is Cc1cc(C)c2ccc3c(-c4cc(C(F)(F)F)c5ccccc5c4)nccc3c2c1. The van der Waals surface area contributed by atoms with Crippen LogP contribution >= 0.6 is 0 Å². The highest BCUT2D eigenvalue weighted by Crippen LogP contribution is 2.40. The predicted molar refractivity (Wildman–Crippen MR) is 117 cm³/mol. The molecule has 0 amide bonds. The standard InChI is InChI=1S/C26H18F3N/c1-15-11-16(2)19-7-8-22-21(23(19)12-15)9-10-30-25(22)18-13-17-5-3-4-6-20(17)24(14-18)26(27,28)29/h3-14H,1-2H3. The van der Waals surface area contributed by atoms with Crippen molar-refractivity contribution >= 4 is 32.3 Å². The summed E-state index contributed by atoms with van der Waals surface area (Å²) >= 11 is 0. The largest absolute Gasteiger partial charge is 0.417 e. The molecule has 0 fully saturated rings. The summed E-state index contributed by atoms with van der Waals surface area (Å²) < 4.78 is 41.4. The number of hydrogen-bond donors (Lipinski definition) is 0. The first kappa shape index (κ1) is 18.6. The molecule has 5 rings (SSSR count). The molecule has 0 aliphatic carbocycles. The van der Waals surface area contributed by atoms with Gasteiger partial charge >= 0.3 is 6.18 Å². The highest BCUT2D eigenvalue weighted by atomic mass is 19.4. The monoisotopic (exact) mass is 401 g/mol. The van der Waals surface area contributed by atoms with Crippen LogP contribution < -0.4 is 0 Å². The third-order valence-corrected chi connectivity index (χ3v) is 5.67. The second-order valence-electron chi connectivity index (χ2n) is 7.74. The summed E-state index contributed by atoms with van der Waals surface area (Å²) in [6.07, 6.45) is -2.77. The molecular formula is C26H18F3N. The molecule has 0 N–H and O–H groups in total. The summed E-state index contributed by atoms with van der Waals surface area (Å²) in [6.45, 7) is 4.12. The fourth-order valence-corrected chi connectivity index (χ4v) is 4.38. The Kier molecular flexibility index (Phi) is 4.07. The average molecular weight is 401 g/mol. The first-order chi connectivity index (χ1) is 14.3. The average Bonchev–Trinajstić information content (AvgIpc) is 2.71. The molecule has 0 saturated heterocycles. The number of rotatable bonds is 1. The van der Waals surface area contributed by atoms with Crippen LogP contribution in [0.5, 0.6) is 0 Å². The summed E-state index contributed by atoms with van der Waals surface area (Å²) in [6, 6.07) is 19.8. The summed E-state index contributed by atoms with van der Waals surface area (Å²) in [5.74, 6) is 0. The van der Waals surface area contributed by atoms with E-state index < -0.39 is 11.7 Å². The zero-order chi connectivity index (χ0) is 21.0. The summed E-state index contributed by atoms with van der Waals surface area (Å²) in [5.41, 5.74) is 2.72. The van der Waals surface area contributed by atoms with Gasteiger partial charge in [-0.2, -0.15) is 13.2 Å². The molecule has 30 heavy (non-hydrogen) atoms. The minimum atomic E-state index is -4.44. The van der Waals surface area contributed by atoms with Crippen LogP contribution in [0.1, 0.15) is 16.7 Å². The molecule has 0 unspecified atom stereocenters. The van der Waals surface area contributed by atoms with E-state index in [1.807, 2.05) is 25.1 Å². The minimum Gasteiger partial charge on any atom is -0.256 e. The number of benzene rings is 4. The third kappa shape index (κ3) is 2.91. The lowest BCUT2D eigenvalue weighted by Gasteiger charge is -2.15. The van der Waals surface area contributed by atoms with Crippen molar-refractivity contribution < 1.29 is 13.2 Å². The quantitative estimate of drug-likeness (QED) is 0.261. The second kappa shape index (κ2) is 6.56. The third-order valence-electron chi connectivity index (χ3n) is 5.67. The smallest absolute Gasteiger partial charge is 0.256 e. The van der Waals surface area contributed by atoms with E-state index in [1.54, 1.807) is 30.5 Å². The first-order valence-electron chi connectivity index (χ1n) is 9.72. The number of aromatic nitrogens is 1. The lowest BCUT2D eigenvalue weighted by Crippen LogP contribution is -2.06. The van der Waals surface area contributed by atoms with E-state index in [0.29, 0.717) is 16.6 Å². The van der Waals surface area contributed by atoms with Crippen LogP contribution in [0, 0.1) is 13.8 Å². The number of fused-ring (bicyclic) bond motifs is 4. The van der Waals surface area contributed by atoms with Gasteiger partial charge in [-0.1, -0.05) is 54.1 Å². The molecular weight excluding hydrogens is 383 g/mol. The Morgan fingerprint density at radius 2 is 1.47 bits per heavy atom. The molecule has 148 valence electrons. The molecule has 0 bridgehead atoms. The molecule has 0 radical (unpaired) electrons. The maximum atomic E-state index is 13.8. The maximum Gasteiger partial charge on any atom is 0.417 e. The van der Waals surface area contributed by atoms with Crippen LogP contribution in [-0.4, -0.2) is 4.98 Å². The van der Waals surface area contributed by atoms with Gasteiger partial charge in [0.25, 0.3) is 0 Å². The van der Waals surface area contributed by atoms with Gasteiger partial charge in [-0.05, 0) is 64.5 Å². The van der Waals surface area contributed by atoms with Crippen molar-refractivity contribution in [2.24, 2.45) is 0 Å². The number of nitrogens with zero attached hydrogens (tertiary/aromatic N) is 1. The van der Waals surface area contributed by atoms with E-state index in [-0.39, 0.29) is 5.39 Å². The van der Waals surface area contributed by atoms with Crippen LogP contribution in [0.4, 0.5) is 13.2 Å². The zero-order valence-electron chi connectivity index (χ0n) is 16.5. The minimum absolute atomic E-state index is 0.200. The molecule has 1 nitrogen and oxygen atoms in total. The molecule has 0 atom stereocenters. The Hall–Kier alpha value is -3.40. The van der Waals surface area contributed by atoms with E-state index in [1.165, 1.54) is 17.7 Å². The molecule has 0 saturated carbocycles. The zero-order valence-corrected chi connectivity index (χ0v) is 16.5. The Morgan fingerprint density at radius 3 is 2.27 bits per heavy atom. The fourth-order valence-electron chi connectivity index (χ4n) is 4.38. The molecule has 1 aromatic heterocycles. The number of pyridine rings is 1. The van der Waals surface area contributed by atoms with Gasteiger partial charge in [0.2, 0.25) is 0 Å². The Bertz CT molecular complexity index is 1450.